The van der Waals surface area contributed by atoms with Gasteiger partial charge in [-0.2, -0.15) is 0 Å². The Balaban J connectivity index is 2.40. The van der Waals surface area contributed by atoms with Gasteiger partial charge in [-0.3, -0.25) is 0 Å². The van der Waals surface area contributed by atoms with E-state index in [2.05, 4.69) is 52.0 Å². The molecule has 1 rings (SSSR count). The molecule has 0 spiro atoms. The van der Waals surface area contributed by atoms with E-state index >= 15 is 0 Å². The maximum absolute atomic E-state index is 6.07. The smallest absolute Gasteiger partial charge is 0.144 e. The molecule has 1 aromatic heterocycles. The third kappa shape index (κ3) is 4.82. The summed E-state index contributed by atoms with van der Waals surface area (Å²) in [4.78, 5) is 6.55. The van der Waals surface area contributed by atoms with Crippen LogP contribution in [0.2, 0.25) is 5.02 Å². The van der Waals surface area contributed by atoms with Crippen molar-refractivity contribution in [2.45, 2.75) is 26.3 Å². The number of nitrogens with one attached hydrogen (secondary N) is 1. The Hall–Kier alpha value is -0.320. The maximum Gasteiger partial charge on any atom is 0.144 e. The Morgan fingerprint density at radius 2 is 2.29 bits per heavy atom. The fourth-order valence-electron chi connectivity index (χ4n) is 1.43. The zero-order valence-corrected chi connectivity index (χ0v) is 12.8. The highest BCUT2D eigenvalue weighted by atomic mass is 79.9. The zero-order valence-electron chi connectivity index (χ0n) is 10.5. The van der Waals surface area contributed by atoms with E-state index < -0.39 is 0 Å². The molecule has 0 saturated heterocycles. The summed E-state index contributed by atoms with van der Waals surface area (Å²) in [5, 5.41) is 3.89. The van der Waals surface area contributed by atoms with Crippen LogP contribution in [-0.4, -0.2) is 36.1 Å². The number of anilines is 1. The van der Waals surface area contributed by atoms with Crippen LogP contribution in [0.15, 0.2) is 16.7 Å². The van der Waals surface area contributed by atoms with E-state index in [1.54, 1.807) is 6.20 Å². The molecule has 0 radical (unpaired) electrons. The van der Waals surface area contributed by atoms with Crippen molar-refractivity contribution in [3.63, 3.8) is 0 Å². The van der Waals surface area contributed by atoms with E-state index in [-0.39, 0.29) is 0 Å². The number of hydrogen-bond donors (Lipinski definition) is 1. The molecule has 1 N–H and O–H groups in total. The lowest BCUT2D eigenvalue weighted by Gasteiger charge is -2.23. The van der Waals surface area contributed by atoms with Gasteiger partial charge in [-0.1, -0.05) is 18.5 Å². The molecule has 17 heavy (non-hydrogen) atoms. The fraction of sp³-hybridized carbons (Fsp3) is 0.583. The predicted molar refractivity (Wildman–Crippen MR) is 77.8 cm³/mol. The number of nitrogens with zero attached hydrogens (tertiary/aromatic N) is 2. The van der Waals surface area contributed by atoms with Gasteiger partial charge >= 0.3 is 0 Å². The minimum atomic E-state index is 0.602. The first-order valence-corrected chi connectivity index (χ1v) is 6.96. The average molecular weight is 321 g/mol. The summed E-state index contributed by atoms with van der Waals surface area (Å²) < 4.78 is 0.893. The molecule has 1 unspecified atom stereocenters. The molecule has 1 aromatic rings. The Bertz CT molecular complexity index is 360. The van der Waals surface area contributed by atoms with Crippen molar-refractivity contribution < 1.29 is 0 Å². The summed E-state index contributed by atoms with van der Waals surface area (Å²) >= 11 is 9.40. The van der Waals surface area contributed by atoms with Crippen molar-refractivity contribution >= 4 is 33.3 Å². The fourth-order valence-corrected chi connectivity index (χ4v) is 2.12. The molecule has 0 aliphatic rings. The minimum Gasteiger partial charge on any atom is -0.368 e. The summed E-state index contributed by atoms with van der Waals surface area (Å²) in [6.07, 6.45) is 2.90. The molecule has 1 heterocycles. The lowest BCUT2D eigenvalue weighted by molar-refractivity contribution is 0.261. The van der Waals surface area contributed by atoms with Crippen LogP contribution < -0.4 is 5.32 Å². The van der Waals surface area contributed by atoms with E-state index in [1.165, 1.54) is 0 Å². The van der Waals surface area contributed by atoms with E-state index in [4.69, 9.17) is 11.6 Å². The number of halogens is 2. The van der Waals surface area contributed by atoms with E-state index in [0.717, 1.165) is 29.8 Å². The molecule has 0 amide bonds. The Morgan fingerprint density at radius 1 is 1.59 bits per heavy atom. The van der Waals surface area contributed by atoms with Crippen molar-refractivity contribution in [2.24, 2.45) is 0 Å². The Kier molecular flexibility index (Phi) is 6.23. The number of pyridine rings is 1. The van der Waals surface area contributed by atoms with Crippen molar-refractivity contribution in [3.8, 4) is 0 Å². The molecule has 5 heteroatoms. The first-order chi connectivity index (χ1) is 8.04. The second-order valence-electron chi connectivity index (χ2n) is 4.15. The highest BCUT2D eigenvalue weighted by Crippen LogP contribution is 2.22. The topological polar surface area (TPSA) is 28.2 Å². The highest BCUT2D eigenvalue weighted by molar-refractivity contribution is 9.10. The van der Waals surface area contributed by atoms with Crippen LogP contribution >= 0.6 is 27.5 Å². The van der Waals surface area contributed by atoms with Crippen LogP contribution in [0, 0.1) is 0 Å². The van der Waals surface area contributed by atoms with Crippen molar-refractivity contribution in [2.75, 3.05) is 25.5 Å². The summed E-state index contributed by atoms with van der Waals surface area (Å²) in [6, 6.07) is 2.44. The largest absolute Gasteiger partial charge is 0.368 e. The molecule has 1 atom stereocenters. The standard InChI is InChI=1S/C12H19BrClN3/c1-4-9(2)17(3)6-5-15-12-11(14)7-10(13)8-16-12/h7-9H,4-6H2,1-3H3,(H,15,16). The molecule has 0 aliphatic heterocycles. The van der Waals surface area contributed by atoms with Crippen LogP contribution in [0.4, 0.5) is 5.82 Å². The first kappa shape index (κ1) is 14.7. The van der Waals surface area contributed by atoms with E-state index in [1.807, 2.05) is 6.07 Å². The monoisotopic (exact) mass is 319 g/mol. The summed E-state index contributed by atoms with van der Waals surface area (Å²) in [6.45, 7) is 6.24. The molecule has 96 valence electrons. The maximum atomic E-state index is 6.07. The van der Waals surface area contributed by atoms with Gasteiger partial charge in [0.05, 0.1) is 5.02 Å². The van der Waals surface area contributed by atoms with Gasteiger partial charge in [-0.25, -0.2) is 4.98 Å². The molecule has 0 saturated carbocycles. The molecule has 3 nitrogen and oxygen atoms in total. The number of rotatable bonds is 6. The zero-order chi connectivity index (χ0) is 12.8. The Labute approximate surface area is 117 Å². The van der Waals surface area contributed by atoms with E-state index in [9.17, 15) is 0 Å². The SMILES string of the molecule is CCC(C)N(C)CCNc1ncc(Br)cc1Cl. The molecular weight excluding hydrogens is 302 g/mol. The van der Waals surface area contributed by atoms with Crippen molar-refractivity contribution in [1.29, 1.82) is 0 Å². The van der Waals surface area contributed by atoms with Crippen LogP contribution in [0.25, 0.3) is 0 Å². The van der Waals surface area contributed by atoms with Crippen LogP contribution in [0.1, 0.15) is 20.3 Å². The summed E-state index contributed by atoms with van der Waals surface area (Å²) in [5.74, 6) is 0.743. The van der Waals surface area contributed by atoms with Gasteiger partial charge in [0.1, 0.15) is 5.82 Å². The molecule has 0 fully saturated rings. The third-order valence-corrected chi connectivity index (χ3v) is 3.63. The van der Waals surface area contributed by atoms with Gasteiger partial charge in [-0.15, -0.1) is 0 Å². The van der Waals surface area contributed by atoms with Crippen molar-refractivity contribution in [1.82, 2.24) is 9.88 Å². The second-order valence-corrected chi connectivity index (χ2v) is 5.47. The van der Waals surface area contributed by atoms with Crippen molar-refractivity contribution in [3.05, 3.63) is 21.8 Å². The van der Waals surface area contributed by atoms with E-state index in [0.29, 0.717) is 11.1 Å². The van der Waals surface area contributed by atoms with Gasteiger partial charge in [0, 0.05) is 29.8 Å². The van der Waals surface area contributed by atoms with Crippen LogP contribution in [0.5, 0.6) is 0 Å². The van der Waals surface area contributed by atoms with Gasteiger partial charge < -0.3 is 10.2 Å². The third-order valence-electron chi connectivity index (χ3n) is 2.91. The number of likely N-dealkylation sites (N-methyl/N-ethyl adjacent to an activating group) is 1. The lowest BCUT2D eigenvalue weighted by atomic mass is 10.2. The number of hydrogen-bond acceptors (Lipinski definition) is 3. The molecule has 0 aliphatic carbocycles. The van der Waals surface area contributed by atoms with Gasteiger partial charge in [0.25, 0.3) is 0 Å². The lowest BCUT2D eigenvalue weighted by Crippen LogP contribution is -2.32. The second kappa shape index (κ2) is 7.19. The van der Waals surface area contributed by atoms with Gasteiger partial charge in [0.15, 0.2) is 0 Å². The summed E-state index contributed by atoms with van der Waals surface area (Å²) in [7, 11) is 2.13. The van der Waals surface area contributed by atoms with Gasteiger partial charge in [0.2, 0.25) is 0 Å². The Morgan fingerprint density at radius 3 is 2.88 bits per heavy atom. The summed E-state index contributed by atoms with van der Waals surface area (Å²) in [5.41, 5.74) is 0. The minimum absolute atomic E-state index is 0.602. The normalized spacial score (nSPS) is 12.8. The molecule has 0 aromatic carbocycles. The van der Waals surface area contributed by atoms with Crippen LogP contribution in [0.3, 0.4) is 0 Å². The predicted octanol–water partition coefficient (Wildman–Crippen LogP) is 3.64. The van der Waals surface area contributed by atoms with Gasteiger partial charge in [-0.05, 0) is 42.4 Å². The molecule has 0 bridgehead atoms. The average Bonchev–Trinajstić information content (AvgIpc) is 2.30. The quantitative estimate of drug-likeness (QED) is 0.867. The molecular formula is C12H19BrClN3. The van der Waals surface area contributed by atoms with Crippen LogP contribution in [-0.2, 0) is 0 Å². The first-order valence-electron chi connectivity index (χ1n) is 5.79. The highest BCUT2D eigenvalue weighted by Gasteiger charge is 2.07. The number of aromatic nitrogens is 1.